The molecule has 0 bridgehead atoms. The summed E-state index contributed by atoms with van der Waals surface area (Å²) in [4.78, 5) is 0.245. The summed E-state index contributed by atoms with van der Waals surface area (Å²) in [6.07, 6.45) is 3.73. The lowest BCUT2D eigenvalue weighted by Gasteiger charge is -2.10. The molecule has 6 heteroatoms. The number of ether oxygens (including phenoxy) is 1. The van der Waals surface area contributed by atoms with Gasteiger partial charge in [-0.15, -0.1) is 0 Å². The lowest BCUT2D eigenvalue weighted by Crippen LogP contribution is -2.17. The fraction of sp³-hybridized carbons (Fsp3) is 0.625. The molecule has 0 aromatic heterocycles. The number of rotatable bonds is 3. The number of aryl methyl sites for hydroxylation is 1. The van der Waals surface area contributed by atoms with Crippen LogP contribution >= 0.6 is 11.8 Å². The molecule has 1 aromatic rings. The Morgan fingerprint density at radius 1 is 1.23 bits per heavy atom. The molecule has 124 valence electrons. The Kier molecular flexibility index (Phi) is 6.74. The van der Waals surface area contributed by atoms with Crippen molar-refractivity contribution < 1.29 is 17.3 Å². The van der Waals surface area contributed by atoms with Gasteiger partial charge in [0.2, 0.25) is 0 Å². The van der Waals surface area contributed by atoms with Crippen molar-refractivity contribution in [3.63, 3.8) is 0 Å². The quantitative estimate of drug-likeness (QED) is 0.787. The third-order valence-corrected chi connectivity index (χ3v) is 6.12. The van der Waals surface area contributed by atoms with Gasteiger partial charge in [0.1, 0.15) is 0 Å². The first-order valence-corrected chi connectivity index (χ1v) is 10.2. The van der Waals surface area contributed by atoms with Crippen molar-refractivity contribution in [2.45, 2.75) is 50.2 Å². The van der Waals surface area contributed by atoms with Gasteiger partial charge in [-0.2, -0.15) is 20.2 Å². The van der Waals surface area contributed by atoms with Gasteiger partial charge in [-0.1, -0.05) is 17.7 Å². The maximum Gasteiger partial charge on any atom is 0.297 e. The van der Waals surface area contributed by atoms with Crippen LogP contribution in [-0.2, 0) is 19.0 Å². The third-order valence-electron chi connectivity index (χ3n) is 3.62. The maximum atomic E-state index is 11.9. The van der Waals surface area contributed by atoms with Crippen molar-refractivity contribution in [2.24, 2.45) is 0 Å². The molecule has 2 atom stereocenters. The van der Waals surface area contributed by atoms with E-state index >= 15 is 0 Å². The molecule has 0 spiro atoms. The van der Waals surface area contributed by atoms with Gasteiger partial charge in [-0.25, -0.2) is 0 Å². The Morgan fingerprint density at radius 2 is 1.95 bits per heavy atom. The van der Waals surface area contributed by atoms with Crippen molar-refractivity contribution in [3.05, 3.63) is 29.8 Å². The Hall–Kier alpha value is -0.560. The molecule has 22 heavy (non-hydrogen) atoms. The Bertz CT molecular complexity index is 542. The molecular weight excluding hydrogens is 320 g/mol. The molecular formula is C16H24O4S2. The van der Waals surface area contributed by atoms with Crippen molar-refractivity contribution in [1.29, 1.82) is 0 Å². The van der Waals surface area contributed by atoms with Gasteiger partial charge in [0.05, 0.1) is 17.1 Å². The summed E-state index contributed by atoms with van der Waals surface area (Å²) in [6, 6.07) is 6.73. The van der Waals surface area contributed by atoms with Crippen LogP contribution in [0.5, 0.6) is 0 Å². The molecule has 1 unspecified atom stereocenters. The van der Waals surface area contributed by atoms with Crippen LogP contribution in [0.1, 0.15) is 31.7 Å². The molecule has 0 saturated carbocycles. The smallest absolute Gasteiger partial charge is 0.297 e. The van der Waals surface area contributed by atoms with Crippen LogP contribution in [0, 0.1) is 6.92 Å². The summed E-state index contributed by atoms with van der Waals surface area (Å²) < 4.78 is 34.1. The Morgan fingerprint density at radius 3 is 2.41 bits per heavy atom. The third kappa shape index (κ3) is 5.57. The number of hydrogen-bond donors (Lipinski definition) is 0. The zero-order chi connectivity index (χ0) is 16.0. The van der Waals surface area contributed by atoms with E-state index < -0.39 is 10.1 Å². The molecule has 0 radical (unpaired) electrons. The summed E-state index contributed by atoms with van der Waals surface area (Å²) in [5.74, 6) is 1.75. The van der Waals surface area contributed by atoms with E-state index in [1.807, 2.05) is 6.92 Å². The van der Waals surface area contributed by atoms with Gasteiger partial charge in [0, 0.05) is 12.4 Å². The summed E-state index contributed by atoms with van der Waals surface area (Å²) in [7, 11) is -3.57. The average molecular weight is 344 g/mol. The van der Waals surface area contributed by atoms with E-state index in [0.29, 0.717) is 6.10 Å². The van der Waals surface area contributed by atoms with Crippen LogP contribution in [-0.4, -0.2) is 38.7 Å². The summed E-state index contributed by atoms with van der Waals surface area (Å²) >= 11 is 1.73. The molecule has 0 aliphatic carbocycles. The molecule has 1 aromatic carbocycles. The van der Waals surface area contributed by atoms with E-state index in [4.69, 9.17) is 8.92 Å². The fourth-order valence-electron chi connectivity index (χ4n) is 2.27. The normalized spacial score (nSPS) is 24.8. The van der Waals surface area contributed by atoms with Gasteiger partial charge in [0.15, 0.2) is 0 Å². The van der Waals surface area contributed by atoms with E-state index in [0.717, 1.165) is 30.1 Å². The molecule has 2 aliphatic heterocycles. The SMILES string of the molecule is CC1CCCO1.Cc1ccc(S(=O)(=O)O[C@@H]2CCSC2)cc1. The summed E-state index contributed by atoms with van der Waals surface area (Å²) in [6.45, 7) is 5.03. The molecule has 2 saturated heterocycles. The average Bonchev–Trinajstić information content (AvgIpc) is 3.13. The molecule has 3 rings (SSSR count). The van der Waals surface area contributed by atoms with Gasteiger partial charge < -0.3 is 4.74 Å². The van der Waals surface area contributed by atoms with Crippen molar-refractivity contribution in [2.75, 3.05) is 18.1 Å². The van der Waals surface area contributed by atoms with Crippen molar-refractivity contribution in [1.82, 2.24) is 0 Å². The van der Waals surface area contributed by atoms with Gasteiger partial charge in [0.25, 0.3) is 10.1 Å². The predicted molar refractivity (Wildman–Crippen MR) is 89.8 cm³/mol. The van der Waals surface area contributed by atoms with Gasteiger partial charge >= 0.3 is 0 Å². The van der Waals surface area contributed by atoms with E-state index in [2.05, 4.69) is 6.92 Å². The minimum atomic E-state index is -3.57. The molecule has 4 nitrogen and oxygen atoms in total. The second-order valence-electron chi connectivity index (χ2n) is 5.67. The first-order chi connectivity index (χ1) is 10.5. The van der Waals surface area contributed by atoms with Gasteiger partial charge in [-0.3, -0.25) is 4.18 Å². The Balaban J connectivity index is 0.000000246. The van der Waals surface area contributed by atoms with Crippen LogP contribution in [0.3, 0.4) is 0 Å². The minimum absolute atomic E-state index is 0.156. The lowest BCUT2D eigenvalue weighted by molar-refractivity contribution is 0.125. The molecule has 0 amide bonds. The highest BCUT2D eigenvalue weighted by Gasteiger charge is 2.24. The van der Waals surface area contributed by atoms with E-state index in [9.17, 15) is 8.42 Å². The maximum absolute atomic E-state index is 11.9. The molecule has 2 fully saturated rings. The molecule has 2 heterocycles. The van der Waals surface area contributed by atoms with Crippen molar-refractivity contribution in [3.8, 4) is 0 Å². The highest BCUT2D eigenvalue weighted by atomic mass is 32.2. The highest BCUT2D eigenvalue weighted by Crippen LogP contribution is 2.24. The highest BCUT2D eigenvalue weighted by molar-refractivity contribution is 7.99. The van der Waals surface area contributed by atoms with Crippen LogP contribution in [0.2, 0.25) is 0 Å². The number of benzene rings is 1. The van der Waals surface area contributed by atoms with Crippen LogP contribution in [0.4, 0.5) is 0 Å². The minimum Gasteiger partial charge on any atom is -0.379 e. The standard InChI is InChI=1S/C11H14O3S2.C5H10O/c1-9-2-4-11(5-3-9)16(12,13)14-10-6-7-15-8-10;1-5-3-2-4-6-5/h2-5,10H,6-8H2,1H3;5H,2-4H2,1H3/t10-;/m1./s1. The zero-order valence-corrected chi connectivity index (χ0v) is 14.8. The van der Waals surface area contributed by atoms with Crippen LogP contribution in [0.25, 0.3) is 0 Å². The number of hydrogen-bond acceptors (Lipinski definition) is 5. The van der Waals surface area contributed by atoms with E-state index in [-0.39, 0.29) is 11.0 Å². The molecule has 0 N–H and O–H groups in total. The molecule has 2 aliphatic rings. The van der Waals surface area contributed by atoms with E-state index in [1.54, 1.807) is 36.0 Å². The monoisotopic (exact) mass is 344 g/mol. The van der Waals surface area contributed by atoms with Crippen LogP contribution in [0.15, 0.2) is 29.2 Å². The first kappa shape index (κ1) is 17.8. The fourth-order valence-corrected chi connectivity index (χ4v) is 4.55. The Labute approximate surface area is 137 Å². The van der Waals surface area contributed by atoms with Crippen LogP contribution < -0.4 is 0 Å². The largest absolute Gasteiger partial charge is 0.379 e. The lowest BCUT2D eigenvalue weighted by atomic mass is 10.2. The summed E-state index contributed by atoms with van der Waals surface area (Å²) in [5, 5.41) is 0. The topological polar surface area (TPSA) is 52.6 Å². The van der Waals surface area contributed by atoms with E-state index in [1.165, 1.54) is 12.8 Å². The number of thioether (sulfide) groups is 1. The first-order valence-electron chi connectivity index (χ1n) is 7.67. The van der Waals surface area contributed by atoms with Crippen molar-refractivity contribution >= 4 is 21.9 Å². The second kappa shape index (κ2) is 8.34. The summed E-state index contributed by atoms with van der Waals surface area (Å²) in [5.41, 5.74) is 1.04. The predicted octanol–water partition coefficient (Wildman–Crippen LogP) is 3.39. The van der Waals surface area contributed by atoms with Gasteiger partial charge in [-0.05, 0) is 51.0 Å². The second-order valence-corrected chi connectivity index (χ2v) is 8.39. The zero-order valence-electron chi connectivity index (χ0n) is 13.2.